The molecule has 18 heavy (non-hydrogen) atoms. The Morgan fingerprint density at radius 3 is 2.72 bits per heavy atom. The van der Waals surface area contributed by atoms with Gasteiger partial charge in [-0.3, -0.25) is 0 Å². The molecule has 0 aliphatic heterocycles. The lowest BCUT2D eigenvalue weighted by Crippen LogP contribution is -1.98. The lowest BCUT2D eigenvalue weighted by molar-refractivity contribution is 0.0686. The molecule has 6 nitrogen and oxygen atoms in total. The Hall–Kier alpha value is -2.33. The highest BCUT2D eigenvalue weighted by Gasteiger charge is 2.15. The van der Waals surface area contributed by atoms with Gasteiger partial charge >= 0.3 is 5.97 Å². The predicted octanol–water partition coefficient (Wildman–Crippen LogP) is 1.67. The van der Waals surface area contributed by atoms with E-state index in [9.17, 15) is 4.79 Å². The number of rotatable bonds is 4. The summed E-state index contributed by atoms with van der Waals surface area (Å²) in [6, 6.07) is 9.13. The summed E-state index contributed by atoms with van der Waals surface area (Å²) >= 11 is 1.28. The average Bonchev–Trinajstić information content (AvgIpc) is 2.85. The molecule has 0 aliphatic carbocycles. The number of nitriles is 1. The van der Waals surface area contributed by atoms with Crippen molar-refractivity contribution in [3.05, 3.63) is 41.1 Å². The first-order valence-corrected chi connectivity index (χ1v) is 5.95. The van der Waals surface area contributed by atoms with E-state index in [1.807, 2.05) is 18.2 Å². The van der Waals surface area contributed by atoms with Crippen LogP contribution in [0, 0.1) is 11.3 Å². The topological polar surface area (TPSA) is 103 Å². The number of hydrogen-bond acceptors (Lipinski definition) is 5. The van der Waals surface area contributed by atoms with Gasteiger partial charge in [-0.25, -0.2) is 4.79 Å². The number of nitrogens with one attached hydrogen (secondary N) is 1. The molecule has 0 aliphatic rings. The molecule has 0 saturated heterocycles. The Labute approximate surface area is 107 Å². The molecule has 0 unspecified atom stereocenters. The molecular weight excluding hydrogens is 252 g/mol. The molecule has 0 fully saturated rings. The molecule has 0 radical (unpaired) electrons. The van der Waals surface area contributed by atoms with E-state index in [4.69, 9.17) is 10.4 Å². The molecule has 2 rings (SSSR count). The summed E-state index contributed by atoms with van der Waals surface area (Å²) < 4.78 is 0. The Morgan fingerprint density at radius 1 is 1.39 bits per heavy atom. The first kappa shape index (κ1) is 12.1. The van der Waals surface area contributed by atoms with Crippen molar-refractivity contribution in [2.24, 2.45) is 0 Å². The summed E-state index contributed by atoms with van der Waals surface area (Å²) in [4.78, 5) is 10.8. The van der Waals surface area contributed by atoms with Crippen LogP contribution < -0.4 is 0 Å². The summed E-state index contributed by atoms with van der Waals surface area (Å²) in [5.74, 6) is -0.538. The zero-order valence-electron chi connectivity index (χ0n) is 9.12. The van der Waals surface area contributed by atoms with Gasteiger partial charge in [0, 0.05) is 5.75 Å². The zero-order valence-corrected chi connectivity index (χ0v) is 9.94. The van der Waals surface area contributed by atoms with Crippen molar-refractivity contribution in [2.75, 3.05) is 0 Å². The Kier molecular flexibility index (Phi) is 3.60. The standard InChI is InChI=1S/C11H8N4O2S/c12-5-7-1-3-8(4-2-7)6-18-10-9(11(16)17)13-15-14-10/h1-4H,6H2,(H,16,17)(H,13,14,15). The van der Waals surface area contributed by atoms with Crippen LogP contribution >= 0.6 is 11.8 Å². The van der Waals surface area contributed by atoms with E-state index < -0.39 is 5.97 Å². The second-order valence-corrected chi connectivity index (χ2v) is 4.34. The second kappa shape index (κ2) is 5.33. The van der Waals surface area contributed by atoms with E-state index in [1.165, 1.54) is 11.8 Å². The number of aromatic amines is 1. The molecule has 1 aromatic carbocycles. The minimum absolute atomic E-state index is 0.0753. The lowest BCUT2D eigenvalue weighted by Gasteiger charge is -1.99. The van der Waals surface area contributed by atoms with Gasteiger partial charge < -0.3 is 5.11 Å². The minimum Gasteiger partial charge on any atom is -0.476 e. The predicted molar refractivity (Wildman–Crippen MR) is 64.1 cm³/mol. The highest BCUT2D eigenvalue weighted by molar-refractivity contribution is 7.98. The molecule has 0 spiro atoms. The first-order valence-electron chi connectivity index (χ1n) is 4.96. The van der Waals surface area contributed by atoms with Gasteiger partial charge in [-0.2, -0.15) is 10.5 Å². The van der Waals surface area contributed by atoms with Crippen LogP contribution in [0.5, 0.6) is 0 Å². The number of carboxylic acid groups (broad SMARTS) is 1. The quantitative estimate of drug-likeness (QED) is 0.810. The van der Waals surface area contributed by atoms with Crippen molar-refractivity contribution in [3.8, 4) is 6.07 Å². The number of H-pyrrole nitrogens is 1. The average molecular weight is 260 g/mol. The molecule has 7 heteroatoms. The smallest absolute Gasteiger partial charge is 0.359 e. The van der Waals surface area contributed by atoms with E-state index >= 15 is 0 Å². The fraction of sp³-hybridized carbons (Fsp3) is 0.0909. The van der Waals surface area contributed by atoms with Crippen LogP contribution in [0.2, 0.25) is 0 Å². The van der Waals surface area contributed by atoms with Gasteiger partial charge in [0.1, 0.15) is 0 Å². The fourth-order valence-corrected chi connectivity index (χ4v) is 2.16. The van der Waals surface area contributed by atoms with Crippen molar-refractivity contribution >= 4 is 17.7 Å². The highest BCUT2D eigenvalue weighted by Crippen LogP contribution is 2.22. The maximum atomic E-state index is 10.8. The molecule has 0 bridgehead atoms. The molecule has 0 saturated carbocycles. The van der Waals surface area contributed by atoms with Crippen LogP contribution in [0.4, 0.5) is 0 Å². The second-order valence-electron chi connectivity index (χ2n) is 3.38. The third-order valence-electron chi connectivity index (χ3n) is 2.18. The third-order valence-corrected chi connectivity index (χ3v) is 3.21. The van der Waals surface area contributed by atoms with Gasteiger partial charge in [-0.15, -0.1) is 10.2 Å². The molecule has 0 amide bonds. The number of hydrogen-bond donors (Lipinski definition) is 2. The van der Waals surface area contributed by atoms with Gasteiger partial charge in [0.15, 0.2) is 5.03 Å². The van der Waals surface area contributed by atoms with E-state index in [0.29, 0.717) is 16.3 Å². The van der Waals surface area contributed by atoms with Crippen LogP contribution in [0.3, 0.4) is 0 Å². The molecule has 2 aromatic rings. The number of thioether (sulfide) groups is 1. The van der Waals surface area contributed by atoms with Crippen LogP contribution in [-0.4, -0.2) is 26.5 Å². The number of carboxylic acids is 1. The van der Waals surface area contributed by atoms with E-state index in [2.05, 4.69) is 15.4 Å². The maximum Gasteiger partial charge on any atom is 0.359 e. The van der Waals surface area contributed by atoms with Crippen molar-refractivity contribution in [1.82, 2.24) is 15.4 Å². The number of benzene rings is 1. The van der Waals surface area contributed by atoms with Gasteiger partial charge in [0.05, 0.1) is 11.6 Å². The Bertz CT molecular complexity index is 600. The normalized spacial score (nSPS) is 9.94. The molecule has 1 aromatic heterocycles. The highest BCUT2D eigenvalue weighted by atomic mass is 32.2. The summed E-state index contributed by atoms with van der Waals surface area (Å²) in [5.41, 5.74) is 1.50. The molecule has 0 atom stereocenters. The molecule has 90 valence electrons. The SMILES string of the molecule is N#Cc1ccc(CSc2n[nH]nc2C(=O)O)cc1. The number of aromatic carboxylic acids is 1. The van der Waals surface area contributed by atoms with Crippen LogP contribution in [0.15, 0.2) is 29.3 Å². The lowest BCUT2D eigenvalue weighted by atomic mass is 10.2. The van der Waals surface area contributed by atoms with E-state index in [0.717, 1.165) is 5.56 Å². The summed E-state index contributed by atoms with van der Waals surface area (Å²) in [6.07, 6.45) is 0. The van der Waals surface area contributed by atoms with Crippen molar-refractivity contribution < 1.29 is 9.90 Å². The van der Waals surface area contributed by atoms with Crippen LogP contribution in [0.25, 0.3) is 0 Å². The fourth-order valence-electron chi connectivity index (χ4n) is 1.29. The maximum absolute atomic E-state index is 10.8. The van der Waals surface area contributed by atoms with Crippen LogP contribution in [-0.2, 0) is 5.75 Å². The summed E-state index contributed by atoms with van der Waals surface area (Å²) in [7, 11) is 0. The van der Waals surface area contributed by atoms with Crippen molar-refractivity contribution in [3.63, 3.8) is 0 Å². The minimum atomic E-state index is -1.11. The largest absolute Gasteiger partial charge is 0.476 e. The monoisotopic (exact) mass is 260 g/mol. The molecular formula is C11H8N4O2S. The van der Waals surface area contributed by atoms with E-state index in [-0.39, 0.29) is 5.69 Å². The van der Waals surface area contributed by atoms with Gasteiger partial charge in [0.2, 0.25) is 5.69 Å². The summed E-state index contributed by atoms with van der Waals surface area (Å²) in [6.45, 7) is 0. The number of aromatic nitrogens is 3. The first-order chi connectivity index (χ1) is 8.70. The van der Waals surface area contributed by atoms with Gasteiger partial charge in [-0.05, 0) is 17.7 Å². The van der Waals surface area contributed by atoms with E-state index in [1.54, 1.807) is 12.1 Å². The van der Waals surface area contributed by atoms with Crippen molar-refractivity contribution in [2.45, 2.75) is 10.8 Å². The molecule has 1 heterocycles. The zero-order chi connectivity index (χ0) is 13.0. The van der Waals surface area contributed by atoms with Crippen molar-refractivity contribution in [1.29, 1.82) is 5.26 Å². The van der Waals surface area contributed by atoms with Crippen LogP contribution in [0.1, 0.15) is 21.6 Å². The Balaban J connectivity index is 2.05. The van der Waals surface area contributed by atoms with Gasteiger partial charge in [-0.1, -0.05) is 23.9 Å². The number of nitrogens with zero attached hydrogens (tertiary/aromatic N) is 3. The number of carbonyl (C=O) groups is 1. The molecule has 2 N–H and O–H groups in total. The third kappa shape index (κ3) is 2.67. The van der Waals surface area contributed by atoms with Gasteiger partial charge in [0.25, 0.3) is 0 Å². The summed E-state index contributed by atoms with van der Waals surface area (Å²) in [5, 5.41) is 27.5. The Morgan fingerprint density at radius 2 is 2.11 bits per heavy atom.